The Hall–Kier alpha value is -1.17. The van der Waals surface area contributed by atoms with Crippen molar-refractivity contribution in [2.75, 3.05) is 39.5 Å². The van der Waals surface area contributed by atoms with E-state index in [1.807, 2.05) is 0 Å². The lowest BCUT2D eigenvalue weighted by Gasteiger charge is -2.40. The molecule has 3 rings (SSSR count). The molecule has 4 nitrogen and oxygen atoms in total. The number of benzene rings is 1. The molecule has 0 radical (unpaired) electrons. The van der Waals surface area contributed by atoms with Crippen molar-refractivity contribution in [3.8, 4) is 5.75 Å². The second-order valence-electron chi connectivity index (χ2n) is 5.92. The summed E-state index contributed by atoms with van der Waals surface area (Å²) in [6, 6.07) is 6.18. The Kier molecular flexibility index (Phi) is 5.64. The van der Waals surface area contributed by atoms with Crippen molar-refractivity contribution in [2.24, 2.45) is 0 Å². The zero-order valence-electron chi connectivity index (χ0n) is 12.9. The Bertz CT molecular complexity index is 454. The van der Waals surface area contributed by atoms with Crippen LogP contribution in [-0.4, -0.2) is 56.6 Å². The fraction of sp³-hybridized carbons (Fsp3) is 0.647. The van der Waals surface area contributed by atoms with Crippen molar-refractivity contribution in [1.82, 2.24) is 4.90 Å². The van der Waals surface area contributed by atoms with E-state index < -0.39 is 0 Å². The van der Waals surface area contributed by atoms with Crippen LogP contribution in [0.5, 0.6) is 5.75 Å². The van der Waals surface area contributed by atoms with Gasteiger partial charge in [0.1, 0.15) is 11.6 Å². The molecule has 2 atom stereocenters. The predicted octanol–water partition coefficient (Wildman–Crippen LogP) is 2.47. The lowest BCUT2D eigenvalue weighted by atomic mass is 10.0. The van der Waals surface area contributed by atoms with E-state index in [4.69, 9.17) is 14.2 Å². The van der Waals surface area contributed by atoms with Crippen LogP contribution in [0.4, 0.5) is 4.39 Å². The van der Waals surface area contributed by atoms with Crippen molar-refractivity contribution in [3.63, 3.8) is 0 Å². The molecule has 2 saturated heterocycles. The summed E-state index contributed by atoms with van der Waals surface area (Å²) in [7, 11) is 0. The molecule has 0 bridgehead atoms. The molecule has 0 amide bonds. The lowest BCUT2D eigenvalue weighted by molar-refractivity contribution is -0.164. The van der Waals surface area contributed by atoms with Gasteiger partial charge in [-0.05, 0) is 50.1 Å². The maximum absolute atomic E-state index is 12.8. The zero-order chi connectivity index (χ0) is 15.2. The van der Waals surface area contributed by atoms with Crippen LogP contribution in [0.15, 0.2) is 24.3 Å². The number of halogens is 1. The van der Waals surface area contributed by atoms with E-state index in [-0.39, 0.29) is 11.9 Å². The minimum Gasteiger partial charge on any atom is -0.494 e. The summed E-state index contributed by atoms with van der Waals surface area (Å²) < 4.78 is 29.9. The fourth-order valence-corrected chi connectivity index (χ4v) is 3.07. The van der Waals surface area contributed by atoms with Gasteiger partial charge in [0.05, 0.1) is 32.0 Å². The van der Waals surface area contributed by atoms with Gasteiger partial charge in [0.25, 0.3) is 0 Å². The van der Waals surface area contributed by atoms with Crippen LogP contribution in [0, 0.1) is 5.82 Å². The van der Waals surface area contributed by atoms with Crippen LogP contribution in [-0.2, 0) is 9.47 Å². The first-order chi connectivity index (χ1) is 10.8. The first-order valence-corrected chi connectivity index (χ1v) is 8.15. The molecular formula is C17H24FNO3. The lowest BCUT2D eigenvalue weighted by Crippen LogP contribution is -2.52. The van der Waals surface area contributed by atoms with Crippen LogP contribution in [0.1, 0.15) is 19.3 Å². The molecule has 0 saturated carbocycles. The standard InChI is InChI=1S/C17H24FNO3/c18-14-3-5-15(6-4-14)20-10-2-1-8-19-9-7-16-17(13-19)22-12-11-21-16/h3-6,16-17H,1-2,7-13H2. The Labute approximate surface area is 131 Å². The first kappa shape index (κ1) is 15.7. The van der Waals surface area contributed by atoms with E-state index >= 15 is 0 Å². The predicted molar refractivity (Wildman–Crippen MR) is 81.7 cm³/mol. The number of piperidine rings is 1. The van der Waals surface area contributed by atoms with Crippen molar-refractivity contribution < 1.29 is 18.6 Å². The Morgan fingerprint density at radius 3 is 2.68 bits per heavy atom. The van der Waals surface area contributed by atoms with Gasteiger partial charge in [-0.2, -0.15) is 0 Å². The third kappa shape index (κ3) is 4.41. The SMILES string of the molecule is Fc1ccc(OCCCCN2CCC3OCCOC3C2)cc1. The maximum Gasteiger partial charge on any atom is 0.123 e. The molecule has 0 N–H and O–H groups in total. The molecule has 2 aliphatic heterocycles. The number of hydrogen-bond donors (Lipinski definition) is 0. The smallest absolute Gasteiger partial charge is 0.123 e. The van der Waals surface area contributed by atoms with Crippen LogP contribution in [0.2, 0.25) is 0 Å². The normalized spacial score (nSPS) is 25.7. The Balaban J connectivity index is 1.29. The molecule has 2 fully saturated rings. The number of hydrogen-bond acceptors (Lipinski definition) is 4. The van der Waals surface area contributed by atoms with Gasteiger partial charge in [0, 0.05) is 13.1 Å². The van der Waals surface area contributed by atoms with Crippen molar-refractivity contribution in [3.05, 3.63) is 30.1 Å². The van der Waals surface area contributed by atoms with Gasteiger partial charge in [0.2, 0.25) is 0 Å². The summed E-state index contributed by atoms with van der Waals surface area (Å²) in [5, 5.41) is 0. The van der Waals surface area contributed by atoms with Gasteiger partial charge in [-0.15, -0.1) is 0 Å². The van der Waals surface area contributed by atoms with Crippen LogP contribution < -0.4 is 4.74 Å². The second-order valence-corrected chi connectivity index (χ2v) is 5.92. The molecular weight excluding hydrogens is 285 g/mol. The van der Waals surface area contributed by atoms with E-state index in [9.17, 15) is 4.39 Å². The van der Waals surface area contributed by atoms with E-state index in [1.165, 1.54) is 12.1 Å². The molecule has 1 aromatic rings. The van der Waals surface area contributed by atoms with E-state index in [1.54, 1.807) is 12.1 Å². The highest BCUT2D eigenvalue weighted by Crippen LogP contribution is 2.20. The van der Waals surface area contributed by atoms with Gasteiger partial charge >= 0.3 is 0 Å². The zero-order valence-corrected chi connectivity index (χ0v) is 12.9. The number of ether oxygens (including phenoxy) is 3. The minimum absolute atomic E-state index is 0.232. The monoisotopic (exact) mass is 309 g/mol. The molecule has 2 unspecified atom stereocenters. The highest BCUT2D eigenvalue weighted by atomic mass is 19.1. The largest absolute Gasteiger partial charge is 0.494 e. The fourth-order valence-electron chi connectivity index (χ4n) is 3.07. The average Bonchev–Trinajstić information content (AvgIpc) is 2.56. The number of fused-ring (bicyclic) bond motifs is 1. The van der Waals surface area contributed by atoms with Crippen LogP contribution >= 0.6 is 0 Å². The molecule has 122 valence electrons. The van der Waals surface area contributed by atoms with Crippen LogP contribution in [0.25, 0.3) is 0 Å². The topological polar surface area (TPSA) is 30.9 Å². The highest BCUT2D eigenvalue weighted by Gasteiger charge is 2.32. The van der Waals surface area contributed by atoms with Gasteiger partial charge < -0.3 is 19.1 Å². The van der Waals surface area contributed by atoms with Gasteiger partial charge in [-0.1, -0.05) is 0 Å². The van der Waals surface area contributed by atoms with Gasteiger partial charge in [-0.3, -0.25) is 0 Å². The second kappa shape index (κ2) is 7.90. The number of likely N-dealkylation sites (tertiary alicyclic amines) is 1. The summed E-state index contributed by atoms with van der Waals surface area (Å²) >= 11 is 0. The van der Waals surface area contributed by atoms with Crippen LogP contribution in [0.3, 0.4) is 0 Å². The quantitative estimate of drug-likeness (QED) is 0.756. The van der Waals surface area contributed by atoms with E-state index in [0.29, 0.717) is 12.7 Å². The van der Waals surface area contributed by atoms with Crippen molar-refractivity contribution in [1.29, 1.82) is 0 Å². The number of unbranched alkanes of at least 4 members (excludes halogenated alkanes) is 1. The molecule has 0 aliphatic carbocycles. The Morgan fingerprint density at radius 1 is 1.09 bits per heavy atom. The van der Waals surface area contributed by atoms with E-state index in [0.717, 1.165) is 57.9 Å². The third-order valence-electron chi connectivity index (χ3n) is 4.28. The number of rotatable bonds is 6. The summed E-state index contributed by atoms with van der Waals surface area (Å²) in [6.07, 6.45) is 3.71. The maximum atomic E-state index is 12.8. The molecule has 2 heterocycles. The summed E-state index contributed by atoms with van der Waals surface area (Å²) in [5.41, 5.74) is 0. The van der Waals surface area contributed by atoms with E-state index in [2.05, 4.69) is 4.90 Å². The molecule has 5 heteroatoms. The average molecular weight is 309 g/mol. The molecule has 1 aromatic carbocycles. The molecule has 2 aliphatic rings. The first-order valence-electron chi connectivity index (χ1n) is 8.15. The molecule has 0 spiro atoms. The molecule has 0 aromatic heterocycles. The summed E-state index contributed by atoms with van der Waals surface area (Å²) in [4.78, 5) is 2.45. The van der Waals surface area contributed by atoms with Gasteiger partial charge in [-0.25, -0.2) is 4.39 Å². The third-order valence-corrected chi connectivity index (χ3v) is 4.28. The number of nitrogens with zero attached hydrogens (tertiary/aromatic N) is 1. The molecule has 22 heavy (non-hydrogen) atoms. The summed E-state index contributed by atoms with van der Waals surface area (Å²) in [5.74, 6) is 0.500. The summed E-state index contributed by atoms with van der Waals surface area (Å²) in [6.45, 7) is 5.26. The highest BCUT2D eigenvalue weighted by molar-refractivity contribution is 5.21. The minimum atomic E-state index is -0.232. The van der Waals surface area contributed by atoms with Crippen molar-refractivity contribution in [2.45, 2.75) is 31.5 Å². The van der Waals surface area contributed by atoms with Gasteiger partial charge in [0.15, 0.2) is 0 Å². The Morgan fingerprint density at radius 2 is 1.86 bits per heavy atom. The van der Waals surface area contributed by atoms with Crippen molar-refractivity contribution >= 4 is 0 Å².